The van der Waals surface area contributed by atoms with Crippen LogP contribution in [0.4, 0.5) is 0 Å². The third-order valence-electron chi connectivity index (χ3n) is 2.47. The average molecular weight is 283 g/mol. The fraction of sp³-hybridized carbons (Fsp3) is 0.308. The number of thiazole rings is 1. The third kappa shape index (κ3) is 3.45. The smallest absolute Gasteiger partial charge is 0.138 e. The van der Waals surface area contributed by atoms with Gasteiger partial charge in [0.05, 0.1) is 15.7 Å². The fourth-order valence-electron chi connectivity index (χ4n) is 1.61. The van der Waals surface area contributed by atoms with Gasteiger partial charge in [-0.3, -0.25) is 0 Å². The number of aromatic nitrogens is 1. The molecular formula is C13H15ClN2OS. The first-order valence-corrected chi connectivity index (χ1v) is 6.97. The lowest BCUT2D eigenvalue weighted by Crippen LogP contribution is -2.03. The molecule has 0 saturated carbocycles. The predicted molar refractivity (Wildman–Crippen MR) is 75.4 cm³/mol. The number of ether oxygens (including phenoxy) is 1. The molecule has 0 spiro atoms. The minimum Gasteiger partial charge on any atom is -0.486 e. The van der Waals surface area contributed by atoms with Crippen LogP contribution in [0.5, 0.6) is 5.75 Å². The zero-order chi connectivity index (χ0) is 13.0. The number of benzene rings is 1. The Morgan fingerprint density at radius 2 is 2.28 bits per heavy atom. The van der Waals surface area contributed by atoms with Crippen molar-refractivity contribution in [1.82, 2.24) is 4.98 Å². The lowest BCUT2D eigenvalue weighted by Gasteiger charge is -2.08. The van der Waals surface area contributed by atoms with E-state index in [-0.39, 0.29) is 0 Å². The van der Waals surface area contributed by atoms with Crippen LogP contribution in [0.15, 0.2) is 23.6 Å². The summed E-state index contributed by atoms with van der Waals surface area (Å²) in [5.74, 6) is 0.683. The lowest BCUT2D eigenvalue weighted by atomic mass is 10.1. The van der Waals surface area contributed by atoms with Crippen LogP contribution in [0.2, 0.25) is 5.02 Å². The van der Waals surface area contributed by atoms with Gasteiger partial charge in [-0.25, -0.2) is 4.98 Å². The van der Waals surface area contributed by atoms with E-state index in [0.29, 0.717) is 23.9 Å². The van der Waals surface area contributed by atoms with Gasteiger partial charge in [-0.2, -0.15) is 0 Å². The molecule has 0 fully saturated rings. The summed E-state index contributed by atoms with van der Waals surface area (Å²) < 4.78 is 5.65. The van der Waals surface area contributed by atoms with Crippen LogP contribution in [-0.4, -0.2) is 11.5 Å². The number of nitrogens with zero attached hydrogens (tertiary/aromatic N) is 1. The topological polar surface area (TPSA) is 48.1 Å². The molecule has 0 radical (unpaired) electrons. The van der Waals surface area contributed by atoms with Gasteiger partial charge in [0.2, 0.25) is 0 Å². The van der Waals surface area contributed by atoms with Crippen molar-refractivity contribution in [3.63, 3.8) is 0 Å². The Morgan fingerprint density at radius 3 is 2.89 bits per heavy atom. The molecule has 0 atom stereocenters. The molecule has 18 heavy (non-hydrogen) atoms. The first kappa shape index (κ1) is 13.3. The zero-order valence-corrected chi connectivity index (χ0v) is 11.7. The third-order valence-corrected chi connectivity index (χ3v) is 3.59. The number of aryl methyl sites for hydroxylation is 1. The highest BCUT2D eigenvalue weighted by Gasteiger charge is 2.05. The van der Waals surface area contributed by atoms with E-state index in [1.54, 1.807) is 11.3 Å². The second kappa shape index (κ2) is 6.18. The van der Waals surface area contributed by atoms with E-state index in [0.717, 1.165) is 22.7 Å². The molecule has 1 heterocycles. The lowest BCUT2D eigenvalue weighted by molar-refractivity contribution is 0.302. The Hall–Kier alpha value is -1.10. The molecule has 0 aliphatic heterocycles. The molecule has 0 amide bonds. The van der Waals surface area contributed by atoms with Crippen LogP contribution in [-0.2, 0) is 13.0 Å². The van der Waals surface area contributed by atoms with Gasteiger partial charge in [0, 0.05) is 5.38 Å². The van der Waals surface area contributed by atoms with Gasteiger partial charge in [0.25, 0.3) is 0 Å². The molecule has 3 nitrogen and oxygen atoms in total. The summed E-state index contributed by atoms with van der Waals surface area (Å²) in [6, 6.07) is 5.77. The van der Waals surface area contributed by atoms with Gasteiger partial charge in [-0.1, -0.05) is 17.7 Å². The van der Waals surface area contributed by atoms with Crippen LogP contribution in [0, 0.1) is 6.92 Å². The molecule has 0 aliphatic rings. The highest BCUT2D eigenvalue weighted by Crippen LogP contribution is 2.26. The van der Waals surface area contributed by atoms with Gasteiger partial charge >= 0.3 is 0 Å². The van der Waals surface area contributed by atoms with Crippen molar-refractivity contribution in [3.05, 3.63) is 44.9 Å². The number of halogens is 1. The Labute approximate surface area is 116 Å². The van der Waals surface area contributed by atoms with Gasteiger partial charge < -0.3 is 10.5 Å². The van der Waals surface area contributed by atoms with Crippen molar-refractivity contribution in [3.8, 4) is 5.75 Å². The number of rotatable bonds is 5. The maximum Gasteiger partial charge on any atom is 0.138 e. The molecule has 96 valence electrons. The number of hydrogen-bond donors (Lipinski definition) is 1. The summed E-state index contributed by atoms with van der Waals surface area (Å²) in [5, 5.41) is 3.65. The highest BCUT2D eigenvalue weighted by molar-refractivity contribution is 7.09. The van der Waals surface area contributed by atoms with Crippen molar-refractivity contribution >= 4 is 22.9 Å². The first-order valence-electron chi connectivity index (χ1n) is 5.71. The van der Waals surface area contributed by atoms with E-state index in [1.165, 1.54) is 0 Å². The van der Waals surface area contributed by atoms with E-state index in [9.17, 15) is 0 Å². The minimum atomic E-state index is 0.445. The SMILES string of the molecule is Cc1nc(COc2ccc(CCN)cc2Cl)cs1. The average Bonchev–Trinajstić information content (AvgIpc) is 2.74. The quantitative estimate of drug-likeness (QED) is 0.916. The Morgan fingerprint density at radius 1 is 1.44 bits per heavy atom. The van der Waals surface area contributed by atoms with Crippen molar-refractivity contribution in [1.29, 1.82) is 0 Å². The standard InChI is InChI=1S/C13H15ClN2OS/c1-9-16-11(8-18-9)7-17-13-3-2-10(4-5-15)6-12(13)14/h2-3,6,8H,4-5,7,15H2,1H3. The Bertz CT molecular complexity index is 527. The molecule has 2 N–H and O–H groups in total. The molecule has 1 aromatic carbocycles. The minimum absolute atomic E-state index is 0.445. The largest absolute Gasteiger partial charge is 0.486 e. The van der Waals surface area contributed by atoms with Crippen LogP contribution >= 0.6 is 22.9 Å². The Kier molecular flexibility index (Phi) is 4.58. The van der Waals surface area contributed by atoms with E-state index < -0.39 is 0 Å². The predicted octanol–water partition coefficient (Wildman–Crippen LogP) is 3.19. The van der Waals surface area contributed by atoms with Crippen LogP contribution in [0.25, 0.3) is 0 Å². The molecular weight excluding hydrogens is 268 g/mol. The van der Waals surface area contributed by atoms with E-state index >= 15 is 0 Å². The Balaban J connectivity index is 2.01. The molecule has 2 aromatic rings. The number of nitrogens with two attached hydrogens (primary N) is 1. The van der Waals surface area contributed by atoms with Gasteiger partial charge in [0.15, 0.2) is 0 Å². The first-order chi connectivity index (χ1) is 8.69. The maximum atomic E-state index is 6.15. The summed E-state index contributed by atoms with van der Waals surface area (Å²) in [4.78, 5) is 4.34. The van der Waals surface area contributed by atoms with Gasteiger partial charge in [0.1, 0.15) is 12.4 Å². The summed E-state index contributed by atoms with van der Waals surface area (Å²) in [5.41, 5.74) is 7.56. The van der Waals surface area contributed by atoms with Crippen molar-refractivity contribution in [2.24, 2.45) is 5.73 Å². The van der Waals surface area contributed by atoms with E-state index in [4.69, 9.17) is 22.1 Å². The summed E-state index contributed by atoms with van der Waals surface area (Å²) in [7, 11) is 0. The van der Waals surface area contributed by atoms with Crippen molar-refractivity contribution in [2.75, 3.05) is 6.54 Å². The maximum absolute atomic E-state index is 6.15. The molecule has 0 unspecified atom stereocenters. The highest BCUT2D eigenvalue weighted by atomic mass is 35.5. The van der Waals surface area contributed by atoms with Crippen molar-refractivity contribution in [2.45, 2.75) is 20.0 Å². The second-order valence-corrected chi connectivity index (χ2v) is 5.42. The molecule has 1 aromatic heterocycles. The van der Waals surface area contributed by atoms with Crippen LogP contribution < -0.4 is 10.5 Å². The molecule has 0 saturated heterocycles. The molecule has 0 bridgehead atoms. The summed E-state index contributed by atoms with van der Waals surface area (Å²) >= 11 is 7.77. The van der Waals surface area contributed by atoms with Gasteiger partial charge in [-0.05, 0) is 37.6 Å². The van der Waals surface area contributed by atoms with E-state index in [1.807, 2.05) is 30.5 Å². The fourth-order valence-corrected chi connectivity index (χ4v) is 2.46. The molecule has 2 rings (SSSR count). The van der Waals surface area contributed by atoms with Crippen LogP contribution in [0.1, 0.15) is 16.3 Å². The van der Waals surface area contributed by atoms with E-state index in [2.05, 4.69) is 4.98 Å². The molecule has 5 heteroatoms. The summed E-state index contributed by atoms with van der Waals surface area (Å²) in [6.07, 6.45) is 0.825. The summed E-state index contributed by atoms with van der Waals surface area (Å²) in [6.45, 7) is 3.04. The van der Waals surface area contributed by atoms with Gasteiger partial charge in [-0.15, -0.1) is 11.3 Å². The normalized spacial score (nSPS) is 10.6. The van der Waals surface area contributed by atoms with Crippen LogP contribution in [0.3, 0.4) is 0 Å². The monoisotopic (exact) mass is 282 g/mol. The second-order valence-electron chi connectivity index (χ2n) is 3.95. The molecule has 0 aliphatic carbocycles. The van der Waals surface area contributed by atoms with Crippen molar-refractivity contribution < 1.29 is 4.74 Å². The zero-order valence-electron chi connectivity index (χ0n) is 10.1. The number of hydrogen-bond acceptors (Lipinski definition) is 4.